The Labute approximate surface area is 109 Å². The molecular weight excluding hydrogens is 224 g/mol. The van der Waals surface area contributed by atoms with Gasteiger partial charge in [-0.25, -0.2) is 0 Å². The van der Waals surface area contributed by atoms with Crippen molar-refractivity contribution in [3.63, 3.8) is 0 Å². The molecule has 0 amide bonds. The Kier molecular flexibility index (Phi) is 3.52. The van der Waals surface area contributed by atoms with E-state index >= 15 is 0 Å². The lowest BCUT2D eigenvalue weighted by Gasteiger charge is -2.38. The van der Waals surface area contributed by atoms with Gasteiger partial charge in [0.1, 0.15) is 5.75 Å². The maximum atomic E-state index is 5.20. The Bertz CT molecular complexity index is 390. The summed E-state index contributed by atoms with van der Waals surface area (Å²) in [6.07, 6.45) is 4.08. The summed E-state index contributed by atoms with van der Waals surface area (Å²) in [5.74, 6) is 0.942. The first-order chi connectivity index (χ1) is 8.86. The first kappa shape index (κ1) is 12.0. The lowest BCUT2D eigenvalue weighted by Crippen LogP contribution is -2.54. The zero-order valence-corrected chi connectivity index (χ0v) is 11.1. The fraction of sp³-hybridized carbons (Fsp3) is 0.600. The summed E-state index contributed by atoms with van der Waals surface area (Å²) >= 11 is 0. The molecule has 0 unspecified atom stereocenters. The van der Waals surface area contributed by atoms with Crippen molar-refractivity contribution in [2.75, 3.05) is 20.2 Å². The third kappa shape index (κ3) is 2.38. The fourth-order valence-electron chi connectivity index (χ4n) is 3.34. The van der Waals surface area contributed by atoms with E-state index in [0.29, 0.717) is 0 Å². The molecule has 98 valence electrons. The standard InChI is InChI=1S/C15H22N2O/c1-18-13-7-5-12(6-8-13)11-17-10-9-16-14-3-2-4-15(14)17/h5-8,14-16H,2-4,9-11H2,1H3/t14-,15-/m1/s1. The first-order valence-electron chi connectivity index (χ1n) is 6.97. The van der Waals surface area contributed by atoms with Gasteiger partial charge in [-0.1, -0.05) is 18.6 Å². The summed E-state index contributed by atoms with van der Waals surface area (Å²) < 4.78 is 5.20. The quantitative estimate of drug-likeness (QED) is 0.883. The van der Waals surface area contributed by atoms with Crippen molar-refractivity contribution in [1.82, 2.24) is 10.2 Å². The highest BCUT2D eigenvalue weighted by Crippen LogP contribution is 2.27. The number of ether oxygens (including phenoxy) is 1. The van der Waals surface area contributed by atoms with Crippen LogP contribution in [0.5, 0.6) is 5.75 Å². The third-order valence-electron chi connectivity index (χ3n) is 4.30. The zero-order valence-electron chi connectivity index (χ0n) is 11.1. The van der Waals surface area contributed by atoms with Crippen LogP contribution >= 0.6 is 0 Å². The van der Waals surface area contributed by atoms with Gasteiger partial charge in [-0.3, -0.25) is 4.90 Å². The third-order valence-corrected chi connectivity index (χ3v) is 4.30. The van der Waals surface area contributed by atoms with Crippen LogP contribution in [0.2, 0.25) is 0 Å². The lowest BCUT2D eigenvalue weighted by atomic mass is 10.1. The summed E-state index contributed by atoms with van der Waals surface area (Å²) in [7, 11) is 1.72. The topological polar surface area (TPSA) is 24.5 Å². The number of benzene rings is 1. The van der Waals surface area contributed by atoms with Crippen LogP contribution in [0.3, 0.4) is 0 Å². The molecule has 1 aliphatic carbocycles. The van der Waals surface area contributed by atoms with E-state index in [-0.39, 0.29) is 0 Å². The van der Waals surface area contributed by atoms with Crippen molar-refractivity contribution in [1.29, 1.82) is 0 Å². The van der Waals surface area contributed by atoms with Crippen molar-refractivity contribution in [3.05, 3.63) is 29.8 Å². The van der Waals surface area contributed by atoms with E-state index in [2.05, 4.69) is 34.5 Å². The van der Waals surface area contributed by atoms with Gasteiger partial charge >= 0.3 is 0 Å². The molecule has 18 heavy (non-hydrogen) atoms. The van der Waals surface area contributed by atoms with Crippen LogP contribution in [0, 0.1) is 0 Å². The van der Waals surface area contributed by atoms with Crippen LogP contribution in [-0.2, 0) is 6.54 Å². The molecule has 1 heterocycles. The van der Waals surface area contributed by atoms with E-state index in [4.69, 9.17) is 4.74 Å². The number of fused-ring (bicyclic) bond motifs is 1. The Hall–Kier alpha value is -1.06. The summed E-state index contributed by atoms with van der Waals surface area (Å²) in [5.41, 5.74) is 1.39. The predicted octanol–water partition coefficient (Wildman–Crippen LogP) is 2.02. The van der Waals surface area contributed by atoms with Gasteiger partial charge in [0.15, 0.2) is 0 Å². The zero-order chi connectivity index (χ0) is 12.4. The highest BCUT2D eigenvalue weighted by molar-refractivity contribution is 5.27. The highest BCUT2D eigenvalue weighted by atomic mass is 16.5. The molecule has 0 spiro atoms. The van der Waals surface area contributed by atoms with Gasteiger partial charge in [0.05, 0.1) is 7.11 Å². The number of hydrogen-bond donors (Lipinski definition) is 1. The van der Waals surface area contributed by atoms with E-state index in [1.807, 2.05) is 0 Å². The van der Waals surface area contributed by atoms with E-state index in [9.17, 15) is 0 Å². The molecule has 1 aromatic carbocycles. The summed E-state index contributed by atoms with van der Waals surface area (Å²) in [5, 5.41) is 3.65. The van der Waals surface area contributed by atoms with Gasteiger partial charge in [-0.05, 0) is 30.5 Å². The van der Waals surface area contributed by atoms with Crippen molar-refractivity contribution >= 4 is 0 Å². The molecule has 1 saturated carbocycles. The number of methoxy groups -OCH3 is 1. The second kappa shape index (κ2) is 5.29. The predicted molar refractivity (Wildman–Crippen MR) is 72.8 cm³/mol. The molecule has 3 rings (SSSR count). The summed E-state index contributed by atoms with van der Waals surface area (Å²) in [6.45, 7) is 3.39. The second-order valence-corrected chi connectivity index (χ2v) is 5.38. The average molecular weight is 246 g/mol. The van der Waals surface area contributed by atoms with Gasteiger partial charge in [0.25, 0.3) is 0 Å². The molecule has 3 nitrogen and oxygen atoms in total. The number of nitrogens with one attached hydrogen (secondary N) is 1. The minimum absolute atomic E-state index is 0.733. The molecule has 1 aliphatic heterocycles. The average Bonchev–Trinajstić information content (AvgIpc) is 2.89. The van der Waals surface area contributed by atoms with Gasteiger partial charge in [-0.2, -0.15) is 0 Å². The molecule has 3 heteroatoms. The number of rotatable bonds is 3. The Balaban J connectivity index is 1.67. The number of piperazine rings is 1. The Morgan fingerprint density at radius 3 is 2.89 bits per heavy atom. The van der Waals surface area contributed by atoms with Crippen molar-refractivity contribution in [2.24, 2.45) is 0 Å². The van der Waals surface area contributed by atoms with Crippen molar-refractivity contribution in [2.45, 2.75) is 37.9 Å². The Morgan fingerprint density at radius 2 is 2.11 bits per heavy atom. The van der Waals surface area contributed by atoms with Crippen LogP contribution in [0.15, 0.2) is 24.3 Å². The number of nitrogens with zero attached hydrogens (tertiary/aromatic N) is 1. The van der Waals surface area contributed by atoms with E-state index in [0.717, 1.165) is 30.9 Å². The smallest absolute Gasteiger partial charge is 0.118 e. The molecule has 1 saturated heterocycles. The van der Waals surface area contributed by atoms with Crippen LogP contribution < -0.4 is 10.1 Å². The summed E-state index contributed by atoms with van der Waals surface area (Å²) in [4.78, 5) is 2.65. The summed E-state index contributed by atoms with van der Waals surface area (Å²) in [6, 6.07) is 9.97. The van der Waals surface area contributed by atoms with Gasteiger partial charge < -0.3 is 10.1 Å². The molecular formula is C15H22N2O. The monoisotopic (exact) mass is 246 g/mol. The van der Waals surface area contributed by atoms with E-state index in [1.54, 1.807) is 7.11 Å². The minimum Gasteiger partial charge on any atom is -0.497 e. The molecule has 2 fully saturated rings. The van der Waals surface area contributed by atoms with Gasteiger partial charge in [-0.15, -0.1) is 0 Å². The van der Waals surface area contributed by atoms with E-state index in [1.165, 1.54) is 31.4 Å². The van der Waals surface area contributed by atoms with E-state index < -0.39 is 0 Å². The van der Waals surface area contributed by atoms with Crippen LogP contribution in [0.4, 0.5) is 0 Å². The highest BCUT2D eigenvalue weighted by Gasteiger charge is 2.34. The maximum absolute atomic E-state index is 5.20. The van der Waals surface area contributed by atoms with Crippen LogP contribution in [-0.4, -0.2) is 37.2 Å². The molecule has 2 aliphatic rings. The molecule has 0 bridgehead atoms. The lowest BCUT2D eigenvalue weighted by molar-refractivity contribution is 0.129. The Morgan fingerprint density at radius 1 is 1.28 bits per heavy atom. The molecule has 0 aromatic heterocycles. The SMILES string of the molecule is COc1ccc(CN2CCN[C@@H]3CCC[C@H]32)cc1. The second-order valence-electron chi connectivity index (χ2n) is 5.38. The first-order valence-corrected chi connectivity index (χ1v) is 6.97. The number of hydrogen-bond acceptors (Lipinski definition) is 3. The maximum Gasteiger partial charge on any atom is 0.118 e. The molecule has 1 aromatic rings. The largest absolute Gasteiger partial charge is 0.497 e. The van der Waals surface area contributed by atoms with Crippen LogP contribution in [0.1, 0.15) is 24.8 Å². The van der Waals surface area contributed by atoms with Gasteiger partial charge in [0, 0.05) is 31.7 Å². The normalized spacial score (nSPS) is 28.1. The molecule has 2 atom stereocenters. The fourth-order valence-corrected chi connectivity index (χ4v) is 3.34. The molecule has 0 radical (unpaired) electrons. The van der Waals surface area contributed by atoms with Crippen molar-refractivity contribution < 1.29 is 4.74 Å². The van der Waals surface area contributed by atoms with Crippen molar-refractivity contribution in [3.8, 4) is 5.75 Å². The van der Waals surface area contributed by atoms with Crippen LogP contribution in [0.25, 0.3) is 0 Å². The molecule has 1 N–H and O–H groups in total. The minimum atomic E-state index is 0.733. The van der Waals surface area contributed by atoms with Gasteiger partial charge in [0.2, 0.25) is 0 Å².